The molecule has 0 atom stereocenters. The van der Waals surface area contributed by atoms with Crippen LogP contribution >= 0.6 is 0 Å². The maximum Gasteiger partial charge on any atom is 0.247 e. The Morgan fingerprint density at radius 3 is 2.44 bits per heavy atom. The van der Waals surface area contributed by atoms with E-state index in [1.807, 2.05) is 0 Å². The molecule has 1 heterocycles. The van der Waals surface area contributed by atoms with Crippen LogP contribution in [0.4, 0.5) is 5.69 Å². The summed E-state index contributed by atoms with van der Waals surface area (Å²) in [6.45, 7) is 0.341. The number of piperazine rings is 1. The number of ether oxygens (including phenoxy) is 1. The molecule has 5 heteroatoms. The lowest BCUT2D eigenvalue weighted by Crippen LogP contribution is -2.52. The standard InChI is InChI=1S/C11H12N2O3/c1-16-9-5-3-2-4-8(9)13-10(14)6-12-7-11(13)15/h2-5,12H,6-7H2,1H3. The molecule has 0 unspecified atom stereocenters. The maximum atomic E-state index is 11.7. The zero-order valence-electron chi connectivity index (χ0n) is 8.90. The Morgan fingerprint density at radius 1 is 1.19 bits per heavy atom. The molecule has 2 rings (SSSR count). The molecule has 0 saturated carbocycles. The Kier molecular flexibility index (Phi) is 2.87. The minimum atomic E-state index is -0.263. The number of nitrogens with one attached hydrogen (secondary N) is 1. The Hall–Kier alpha value is -1.88. The van der Waals surface area contributed by atoms with Crippen molar-refractivity contribution in [3.8, 4) is 5.75 Å². The molecule has 16 heavy (non-hydrogen) atoms. The van der Waals surface area contributed by atoms with Crippen LogP contribution in [0.25, 0.3) is 0 Å². The number of amides is 2. The van der Waals surface area contributed by atoms with Crippen LogP contribution in [0.2, 0.25) is 0 Å². The van der Waals surface area contributed by atoms with Gasteiger partial charge in [-0.3, -0.25) is 14.9 Å². The highest BCUT2D eigenvalue weighted by atomic mass is 16.5. The maximum absolute atomic E-state index is 11.7. The molecule has 0 bridgehead atoms. The van der Waals surface area contributed by atoms with Crippen LogP contribution in [0.3, 0.4) is 0 Å². The van der Waals surface area contributed by atoms with E-state index in [2.05, 4.69) is 5.32 Å². The number of hydrogen-bond acceptors (Lipinski definition) is 4. The molecule has 1 aliphatic rings. The minimum absolute atomic E-state index is 0.170. The first kappa shape index (κ1) is 10.6. The number of hydrogen-bond donors (Lipinski definition) is 1. The van der Waals surface area contributed by atoms with Gasteiger partial charge in [0.05, 0.1) is 25.9 Å². The van der Waals surface area contributed by atoms with E-state index in [-0.39, 0.29) is 24.9 Å². The van der Waals surface area contributed by atoms with Gasteiger partial charge in [-0.2, -0.15) is 0 Å². The highest BCUT2D eigenvalue weighted by molar-refractivity contribution is 6.18. The first-order valence-electron chi connectivity index (χ1n) is 4.93. The van der Waals surface area contributed by atoms with Gasteiger partial charge in [-0.25, -0.2) is 4.90 Å². The average Bonchev–Trinajstić information content (AvgIpc) is 2.29. The summed E-state index contributed by atoms with van der Waals surface area (Å²) in [7, 11) is 1.51. The van der Waals surface area contributed by atoms with E-state index in [1.165, 1.54) is 7.11 Å². The quantitative estimate of drug-likeness (QED) is 0.721. The van der Waals surface area contributed by atoms with E-state index < -0.39 is 0 Å². The lowest BCUT2D eigenvalue weighted by molar-refractivity contribution is -0.127. The monoisotopic (exact) mass is 220 g/mol. The van der Waals surface area contributed by atoms with Gasteiger partial charge in [0.2, 0.25) is 11.8 Å². The molecular formula is C11H12N2O3. The molecule has 2 amide bonds. The van der Waals surface area contributed by atoms with Gasteiger partial charge < -0.3 is 4.74 Å². The smallest absolute Gasteiger partial charge is 0.247 e. The molecule has 0 spiro atoms. The number of benzene rings is 1. The van der Waals surface area contributed by atoms with Crippen LogP contribution in [0.15, 0.2) is 24.3 Å². The summed E-state index contributed by atoms with van der Waals surface area (Å²) in [5.74, 6) is -0.00685. The fraction of sp³-hybridized carbons (Fsp3) is 0.273. The summed E-state index contributed by atoms with van der Waals surface area (Å²) in [6.07, 6.45) is 0. The number of para-hydroxylation sites is 2. The Labute approximate surface area is 93.0 Å². The van der Waals surface area contributed by atoms with Gasteiger partial charge in [-0.1, -0.05) is 12.1 Å². The number of carbonyl (C=O) groups excluding carboxylic acids is 2. The van der Waals surface area contributed by atoms with Crippen molar-refractivity contribution >= 4 is 17.5 Å². The van der Waals surface area contributed by atoms with Gasteiger partial charge in [0.15, 0.2) is 0 Å². The highest BCUT2D eigenvalue weighted by Crippen LogP contribution is 2.28. The molecule has 1 aromatic rings. The first-order valence-corrected chi connectivity index (χ1v) is 4.93. The Balaban J connectivity index is 2.41. The number of imide groups is 1. The van der Waals surface area contributed by atoms with E-state index in [1.54, 1.807) is 24.3 Å². The Morgan fingerprint density at radius 2 is 1.81 bits per heavy atom. The molecular weight excluding hydrogens is 208 g/mol. The van der Waals surface area contributed by atoms with Crippen LogP contribution in [0.5, 0.6) is 5.75 Å². The van der Waals surface area contributed by atoms with Crippen LogP contribution < -0.4 is 15.0 Å². The second-order valence-electron chi connectivity index (χ2n) is 3.40. The van der Waals surface area contributed by atoms with Gasteiger partial charge in [0.25, 0.3) is 0 Å². The van der Waals surface area contributed by atoms with Crippen molar-refractivity contribution in [1.29, 1.82) is 0 Å². The molecule has 1 fully saturated rings. The molecule has 1 aliphatic heterocycles. The van der Waals surface area contributed by atoms with Gasteiger partial charge in [0, 0.05) is 0 Å². The highest BCUT2D eigenvalue weighted by Gasteiger charge is 2.28. The van der Waals surface area contributed by atoms with E-state index in [0.29, 0.717) is 11.4 Å². The summed E-state index contributed by atoms with van der Waals surface area (Å²) < 4.78 is 5.13. The van der Waals surface area contributed by atoms with Gasteiger partial charge >= 0.3 is 0 Å². The van der Waals surface area contributed by atoms with Crippen LogP contribution in [0.1, 0.15) is 0 Å². The second-order valence-corrected chi connectivity index (χ2v) is 3.40. The van der Waals surface area contributed by atoms with Crippen molar-refractivity contribution < 1.29 is 14.3 Å². The molecule has 1 N–H and O–H groups in total. The summed E-state index contributed by atoms with van der Waals surface area (Å²) >= 11 is 0. The summed E-state index contributed by atoms with van der Waals surface area (Å²) in [5, 5.41) is 2.74. The zero-order chi connectivity index (χ0) is 11.5. The predicted molar refractivity (Wildman–Crippen MR) is 58.4 cm³/mol. The molecule has 0 aromatic heterocycles. The largest absolute Gasteiger partial charge is 0.495 e. The van der Waals surface area contributed by atoms with E-state index in [4.69, 9.17) is 4.74 Å². The summed E-state index contributed by atoms with van der Waals surface area (Å²) in [6, 6.07) is 6.97. The van der Waals surface area contributed by atoms with Crippen molar-refractivity contribution in [3.63, 3.8) is 0 Å². The summed E-state index contributed by atoms with van der Waals surface area (Å²) in [5.41, 5.74) is 0.501. The topological polar surface area (TPSA) is 58.6 Å². The molecule has 84 valence electrons. The van der Waals surface area contributed by atoms with Crippen molar-refractivity contribution in [2.45, 2.75) is 0 Å². The van der Waals surface area contributed by atoms with Crippen LogP contribution in [-0.2, 0) is 9.59 Å². The second kappa shape index (κ2) is 4.32. The fourth-order valence-corrected chi connectivity index (χ4v) is 1.66. The third-order valence-electron chi connectivity index (χ3n) is 2.38. The zero-order valence-corrected chi connectivity index (χ0v) is 8.90. The van der Waals surface area contributed by atoms with Gasteiger partial charge in [-0.15, -0.1) is 0 Å². The number of rotatable bonds is 2. The summed E-state index contributed by atoms with van der Waals surface area (Å²) in [4.78, 5) is 24.5. The van der Waals surface area contributed by atoms with Crippen molar-refractivity contribution in [3.05, 3.63) is 24.3 Å². The molecule has 1 aromatic carbocycles. The van der Waals surface area contributed by atoms with Crippen molar-refractivity contribution in [2.24, 2.45) is 0 Å². The molecule has 1 saturated heterocycles. The van der Waals surface area contributed by atoms with Gasteiger partial charge in [0.1, 0.15) is 5.75 Å². The molecule has 5 nitrogen and oxygen atoms in total. The lowest BCUT2D eigenvalue weighted by atomic mass is 10.2. The third-order valence-corrected chi connectivity index (χ3v) is 2.38. The van der Waals surface area contributed by atoms with Gasteiger partial charge in [-0.05, 0) is 12.1 Å². The van der Waals surface area contributed by atoms with Crippen molar-refractivity contribution in [1.82, 2.24) is 5.32 Å². The average molecular weight is 220 g/mol. The molecule has 0 aliphatic carbocycles. The SMILES string of the molecule is COc1ccccc1N1C(=O)CNCC1=O. The van der Waals surface area contributed by atoms with E-state index in [9.17, 15) is 9.59 Å². The molecule has 0 radical (unpaired) electrons. The fourth-order valence-electron chi connectivity index (χ4n) is 1.66. The number of nitrogens with zero attached hydrogens (tertiary/aromatic N) is 1. The Bertz CT molecular complexity index is 415. The van der Waals surface area contributed by atoms with E-state index in [0.717, 1.165) is 4.90 Å². The number of methoxy groups -OCH3 is 1. The normalized spacial score (nSPS) is 16.4. The number of carbonyl (C=O) groups is 2. The predicted octanol–water partition coefficient (Wildman–Crippen LogP) is 0.158. The van der Waals surface area contributed by atoms with Crippen molar-refractivity contribution in [2.75, 3.05) is 25.1 Å². The number of anilines is 1. The van der Waals surface area contributed by atoms with Crippen LogP contribution in [0, 0.1) is 0 Å². The first-order chi connectivity index (χ1) is 7.74. The van der Waals surface area contributed by atoms with Crippen LogP contribution in [-0.4, -0.2) is 32.0 Å². The van der Waals surface area contributed by atoms with E-state index >= 15 is 0 Å². The lowest BCUT2D eigenvalue weighted by Gasteiger charge is -2.26. The minimum Gasteiger partial charge on any atom is -0.495 e. The third kappa shape index (κ3) is 1.77.